The Hall–Kier alpha value is -2.58. The van der Waals surface area contributed by atoms with Gasteiger partial charge in [-0.25, -0.2) is 4.68 Å². The van der Waals surface area contributed by atoms with Crippen LogP contribution in [0.4, 0.5) is 5.82 Å². The number of fused-ring (bicyclic) bond motifs is 1. The zero-order chi connectivity index (χ0) is 20.1. The predicted octanol–water partition coefficient (Wildman–Crippen LogP) is 2.58. The standard InChI is InChI=1S/C21H24N4O3S/c26-19(9-8-15-5-2-1-3-6-15)23-21-17-13-29-14-18(17)24-25(21)12-20(27)22-11-16-7-4-10-28-16/h1-3,5-6,8-9,16H,4,7,10-14H2,(H,22,27)(H,23,26)/b9-8-. The van der Waals surface area contributed by atoms with Crippen LogP contribution in [0, 0.1) is 0 Å². The van der Waals surface area contributed by atoms with Crippen molar-refractivity contribution < 1.29 is 14.3 Å². The molecule has 1 fully saturated rings. The molecule has 152 valence electrons. The molecule has 1 saturated heterocycles. The van der Waals surface area contributed by atoms with Gasteiger partial charge in [-0.3, -0.25) is 9.59 Å². The fraction of sp³-hybridized carbons (Fsp3) is 0.381. The highest BCUT2D eigenvalue weighted by Gasteiger charge is 2.25. The Bertz CT molecular complexity index is 904. The topological polar surface area (TPSA) is 85.2 Å². The van der Waals surface area contributed by atoms with E-state index in [1.807, 2.05) is 30.3 Å². The van der Waals surface area contributed by atoms with Gasteiger partial charge in [0.05, 0.1) is 11.8 Å². The van der Waals surface area contributed by atoms with Crippen LogP contribution in [-0.2, 0) is 32.4 Å². The Morgan fingerprint density at radius 3 is 2.93 bits per heavy atom. The second-order valence-electron chi connectivity index (χ2n) is 7.10. The van der Waals surface area contributed by atoms with Crippen molar-refractivity contribution in [3.63, 3.8) is 0 Å². The van der Waals surface area contributed by atoms with Crippen LogP contribution in [0.25, 0.3) is 6.08 Å². The van der Waals surface area contributed by atoms with Crippen molar-refractivity contribution in [2.75, 3.05) is 18.5 Å². The van der Waals surface area contributed by atoms with Gasteiger partial charge >= 0.3 is 0 Å². The van der Waals surface area contributed by atoms with Gasteiger partial charge in [0.15, 0.2) is 0 Å². The first-order valence-corrected chi connectivity index (χ1v) is 10.9. The molecular weight excluding hydrogens is 388 g/mol. The van der Waals surface area contributed by atoms with Crippen LogP contribution in [-0.4, -0.2) is 40.9 Å². The molecule has 1 atom stereocenters. The Kier molecular flexibility index (Phi) is 6.31. The number of amides is 2. The minimum absolute atomic E-state index is 0.0718. The minimum atomic E-state index is -0.241. The Morgan fingerprint density at radius 1 is 1.28 bits per heavy atom. The minimum Gasteiger partial charge on any atom is -0.376 e. The molecule has 8 heteroatoms. The average molecular weight is 413 g/mol. The fourth-order valence-corrected chi connectivity index (χ4v) is 4.47. The summed E-state index contributed by atoms with van der Waals surface area (Å²) in [6.45, 7) is 1.34. The van der Waals surface area contributed by atoms with E-state index in [9.17, 15) is 9.59 Å². The highest BCUT2D eigenvalue weighted by molar-refractivity contribution is 7.98. The van der Waals surface area contributed by atoms with Gasteiger partial charge in [0.1, 0.15) is 12.4 Å². The number of anilines is 1. The summed E-state index contributed by atoms with van der Waals surface area (Å²) >= 11 is 1.75. The number of nitrogens with one attached hydrogen (secondary N) is 2. The summed E-state index contributed by atoms with van der Waals surface area (Å²) < 4.78 is 7.14. The van der Waals surface area contributed by atoms with Gasteiger partial charge in [-0.15, -0.1) is 0 Å². The molecule has 3 heterocycles. The van der Waals surface area contributed by atoms with E-state index in [0.717, 1.165) is 47.8 Å². The van der Waals surface area contributed by atoms with Crippen molar-refractivity contribution in [3.05, 3.63) is 53.2 Å². The highest BCUT2D eigenvalue weighted by Crippen LogP contribution is 2.34. The summed E-state index contributed by atoms with van der Waals surface area (Å²) in [7, 11) is 0. The van der Waals surface area contributed by atoms with Crippen LogP contribution in [0.5, 0.6) is 0 Å². The van der Waals surface area contributed by atoms with Crippen LogP contribution in [0.15, 0.2) is 36.4 Å². The molecule has 2 amide bonds. The summed E-state index contributed by atoms with van der Waals surface area (Å²) in [5.74, 6) is 1.81. The maximum absolute atomic E-state index is 12.5. The third kappa shape index (κ3) is 5.07. The summed E-state index contributed by atoms with van der Waals surface area (Å²) in [6, 6.07) is 9.64. The second-order valence-corrected chi connectivity index (χ2v) is 8.08. The molecule has 0 spiro atoms. The molecule has 4 rings (SSSR count). The van der Waals surface area contributed by atoms with Gasteiger partial charge < -0.3 is 15.4 Å². The monoisotopic (exact) mass is 412 g/mol. The van der Waals surface area contributed by atoms with E-state index in [0.29, 0.717) is 12.4 Å². The third-order valence-corrected chi connectivity index (χ3v) is 5.90. The number of ether oxygens (including phenoxy) is 1. The molecule has 2 aromatic rings. The summed E-state index contributed by atoms with van der Waals surface area (Å²) in [6.07, 6.45) is 5.37. The lowest BCUT2D eigenvalue weighted by molar-refractivity contribution is -0.122. The van der Waals surface area contributed by atoms with Gasteiger partial charge in [0.25, 0.3) is 0 Å². The number of nitrogens with zero attached hydrogens (tertiary/aromatic N) is 2. The van der Waals surface area contributed by atoms with Crippen molar-refractivity contribution in [2.45, 2.75) is 37.0 Å². The van der Waals surface area contributed by atoms with Crippen molar-refractivity contribution in [1.82, 2.24) is 15.1 Å². The van der Waals surface area contributed by atoms with E-state index in [2.05, 4.69) is 15.7 Å². The normalized spacial score (nSPS) is 18.1. The summed E-state index contributed by atoms with van der Waals surface area (Å²) in [5, 5.41) is 10.4. The third-order valence-electron chi connectivity index (χ3n) is 4.93. The first-order valence-electron chi connectivity index (χ1n) is 9.78. The van der Waals surface area contributed by atoms with Gasteiger partial charge in [0, 0.05) is 36.3 Å². The van der Waals surface area contributed by atoms with E-state index in [4.69, 9.17) is 4.74 Å². The number of hydrogen-bond donors (Lipinski definition) is 2. The van der Waals surface area contributed by atoms with Crippen molar-refractivity contribution in [2.24, 2.45) is 0 Å². The molecule has 0 aliphatic carbocycles. The number of carbonyl (C=O) groups is 2. The lowest BCUT2D eigenvalue weighted by Gasteiger charge is -2.12. The summed E-state index contributed by atoms with van der Waals surface area (Å²) in [5.41, 5.74) is 2.89. The maximum atomic E-state index is 12.5. The largest absolute Gasteiger partial charge is 0.376 e. The number of thioether (sulfide) groups is 1. The van der Waals surface area contributed by atoms with Gasteiger partial charge in [0.2, 0.25) is 11.8 Å². The van der Waals surface area contributed by atoms with Crippen LogP contribution >= 0.6 is 11.8 Å². The fourth-order valence-electron chi connectivity index (χ4n) is 3.44. The van der Waals surface area contributed by atoms with Crippen LogP contribution < -0.4 is 10.6 Å². The van der Waals surface area contributed by atoms with E-state index >= 15 is 0 Å². The molecule has 0 bridgehead atoms. The molecule has 1 unspecified atom stereocenters. The molecule has 1 aromatic carbocycles. The van der Waals surface area contributed by atoms with Crippen molar-refractivity contribution in [3.8, 4) is 0 Å². The van der Waals surface area contributed by atoms with Gasteiger partial charge in [-0.05, 0) is 24.5 Å². The number of rotatable bonds is 7. The van der Waals surface area contributed by atoms with E-state index in [-0.39, 0.29) is 24.5 Å². The van der Waals surface area contributed by atoms with Crippen LogP contribution in [0.2, 0.25) is 0 Å². The maximum Gasteiger partial charge on any atom is 0.249 e. The first-order chi connectivity index (χ1) is 14.2. The zero-order valence-electron chi connectivity index (χ0n) is 16.1. The lowest BCUT2D eigenvalue weighted by atomic mass is 10.2. The SMILES string of the molecule is O=C(/C=C\c1ccccc1)Nc1c2c(nn1CC(=O)NCC1CCCO1)CSC2. The number of carbonyl (C=O) groups excluding carboxylic acids is 2. The molecular formula is C21H24N4O3S. The average Bonchev–Trinajstić information content (AvgIpc) is 3.46. The zero-order valence-corrected chi connectivity index (χ0v) is 16.9. The van der Waals surface area contributed by atoms with Gasteiger partial charge in [-0.2, -0.15) is 16.9 Å². The first kappa shape index (κ1) is 19.7. The van der Waals surface area contributed by atoms with Crippen LogP contribution in [0.1, 0.15) is 29.7 Å². The smallest absolute Gasteiger partial charge is 0.249 e. The number of aromatic nitrogens is 2. The molecule has 29 heavy (non-hydrogen) atoms. The van der Waals surface area contributed by atoms with E-state index < -0.39 is 0 Å². The van der Waals surface area contributed by atoms with E-state index in [1.165, 1.54) is 6.08 Å². The Morgan fingerprint density at radius 2 is 2.14 bits per heavy atom. The summed E-state index contributed by atoms with van der Waals surface area (Å²) in [4.78, 5) is 24.8. The molecule has 0 saturated carbocycles. The Labute approximate surface area is 173 Å². The van der Waals surface area contributed by atoms with Crippen molar-refractivity contribution in [1.29, 1.82) is 0 Å². The van der Waals surface area contributed by atoms with Gasteiger partial charge in [-0.1, -0.05) is 30.3 Å². The predicted molar refractivity (Wildman–Crippen MR) is 113 cm³/mol. The molecule has 2 N–H and O–H groups in total. The van der Waals surface area contributed by atoms with E-state index in [1.54, 1.807) is 22.5 Å². The quantitative estimate of drug-likeness (QED) is 0.683. The molecule has 2 aliphatic heterocycles. The Balaban J connectivity index is 1.41. The molecule has 1 aromatic heterocycles. The highest BCUT2D eigenvalue weighted by atomic mass is 32.2. The molecule has 2 aliphatic rings. The molecule has 7 nitrogen and oxygen atoms in total. The number of hydrogen-bond acceptors (Lipinski definition) is 5. The van der Waals surface area contributed by atoms with Crippen molar-refractivity contribution >= 4 is 35.5 Å². The number of benzene rings is 1. The van der Waals surface area contributed by atoms with Crippen LogP contribution in [0.3, 0.4) is 0 Å². The molecule has 0 radical (unpaired) electrons. The lowest BCUT2D eigenvalue weighted by Crippen LogP contribution is -2.34. The second kappa shape index (κ2) is 9.28.